The summed E-state index contributed by atoms with van der Waals surface area (Å²) in [5, 5.41) is 7.82. The van der Waals surface area contributed by atoms with Gasteiger partial charge >= 0.3 is 0 Å². The fourth-order valence-electron chi connectivity index (χ4n) is 2.31. The Kier molecular flexibility index (Phi) is 8.41. The van der Waals surface area contributed by atoms with E-state index in [-0.39, 0.29) is 0 Å². The van der Waals surface area contributed by atoms with Gasteiger partial charge in [0.15, 0.2) is 5.96 Å². The highest BCUT2D eigenvalue weighted by molar-refractivity contribution is 7.11. The van der Waals surface area contributed by atoms with Crippen molar-refractivity contribution in [1.82, 2.24) is 15.6 Å². The van der Waals surface area contributed by atoms with E-state index < -0.39 is 0 Å². The minimum absolute atomic E-state index is 0.517. The van der Waals surface area contributed by atoms with Crippen LogP contribution in [0.15, 0.2) is 35.5 Å². The van der Waals surface area contributed by atoms with Crippen LogP contribution < -0.4 is 15.4 Å². The summed E-state index contributed by atoms with van der Waals surface area (Å²) in [5.74, 6) is 2.25. The van der Waals surface area contributed by atoms with E-state index in [1.165, 1.54) is 4.88 Å². The third-order valence-corrected chi connectivity index (χ3v) is 4.52. The summed E-state index contributed by atoms with van der Waals surface area (Å²) in [6.07, 6.45) is 2.83. The molecule has 5 nitrogen and oxygen atoms in total. The molecule has 0 radical (unpaired) electrons. The zero-order valence-corrected chi connectivity index (χ0v) is 17.0. The predicted octanol–water partition coefficient (Wildman–Crippen LogP) is 3.78. The molecule has 0 saturated heterocycles. The first-order valence-corrected chi connectivity index (χ1v) is 10.0. The van der Waals surface area contributed by atoms with E-state index in [2.05, 4.69) is 60.4 Å². The third kappa shape index (κ3) is 7.44. The number of nitrogens with one attached hydrogen (secondary N) is 2. The first kappa shape index (κ1) is 20.2. The molecule has 0 aliphatic rings. The van der Waals surface area contributed by atoms with Gasteiger partial charge in [0.1, 0.15) is 5.75 Å². The van der Waals surface area contributed by atoms with Crippen molar-refractivity contribution in [2.75, 3.05) is 19.7 Å². The van der Waals surface area contributed by atoms with Crippen LogP contribution >= 0.6 is 11.3 Å². The van der Waals surface area contributed by atoms with E-state index in [1.54, 1.807) is 11.3 Å². The lowest BCUT2D eigenvalue weighted by Gasteiger charge is -2.11. The standard InChI is InChI=1S/C20H30N4OS/c1-5-21-20(22-10-9-19-23-12-16(4)26-19)24-13-17-7-6-8-18(11-17)25-14-15(2)3/h6-8,11-12,15H,5,9-10,13-14H2,1-4H3,(H2,21,22,24). The van der Waals surface area contributed by atoms with Crippen LogP contribution in [0.2, 0.25) is 0 Å². The maximum absolute atomic E-state index is 5.79. The van der Waals surface area contributed by atoms with Crippen molar-refractivity contribution in [2.24, 2.45) is 10.9 Å². The molecule has 2 aromatic rings. The predicted molar refractivity (Wildman–Crippen MR) is 110 cm³/mol. The zero-order valence-electron chi connectivity index (χ0n) is 16.2. The summed E-state index contributed by atoms with van der Waals surface area (Å²) < 4.78 is 5.79. The van der Waals surface area contributed by atoms with Crippen LogP contribution in [-0.4, -0.2) is 30.6 Å². The first-order chi connectivity index (χ1) is 12.6. The molecule has 0 spiro atoms. The van der Waals surface area contributed by atoms with E-state index in [9.17, 15) is 0 Å². The van der Waals surface area contributed by atoms with Gasteiger partial charge < -0.3 is 15.4 Å². The molecule has 0 unspecified atom stereocenters. The molecule has 0 atom stereocenters. The van der Waals surface area contributed by atoms with Crippen LogP contribution in [0.4, 0.5) is 0 Å². The molecule has 1 aromatic heterocycles. The van der Waals surface area contributed by atoms with Gasteiger partial charge in [-0.15, -0.1) is 11.3 Å². The Bertz CT molecular complexity index is 697. The Balaban J connectivity index is 1.88. The second-order valence-electron chi connectivity index (χ2n) is 6.59. The molecule has 0 fully saturated rings. The van der Waals surface area contributed by atoms with Crippen molar-refractivity contribution in [3.05, 3.63) is 45.9 Å². The SMILES string of the molecule is CCNC(=NCc1cccc(OCC(C)C)c1)NCCc1ncc(C)s1. The molecule has 2 N–H and O–H groups in total. The van der Waals surface area contributed by atoms with E-state index >= 15 is 0 Å². The molecule has 1 heterocycles. The van der Waals surface area contributed by atoms with E-state index in [0.717, 1.165) is 48.4 Å². The minimum atomic E-state index is 0.517. The lowest BCUT2D eigenvalue weighted by Crippen LogP contribution is -2.38. The Hall–Kier alpha value is -2.08. The number of hydrogen-bond donors (Lipinski definition) is 2. The molecule has 0 bridgehead atoms. The Labute approximate surface area is 160 Å². The number of aryl methyl sites for hydroxylation is 1. The highest BCUT2D eigenvalue weighted by atomic mass is 32.1. The van der Waals surface area contributed by atoms with Gasteiger partial charge in [-0.1, -0.05) is 26.0 Å². The molecule has 0 saturated carbocycles. The average molecular weight is 375 g/mol. The zero-order chi connectivity index (χ0) is 18.8. The van der Waals surface area contributed by atoms with Crippen molar-refractivity contribution in [1.29, 1.82) is 0 Å². The number of ether oxygens (including phenoxy) is 1. The number of benzene rings is 1. The maximum Gasteiger partial charge on any atom is 0.191 e. The van der Waals surface area contributed by atoms with Gasteiger partial charge in [-0.05, 0) is 37.5 Å². The monoisotopic (exact) mass is 374 g/mol. The van der Waals surface area contributed by atoms with Crippen LogP contribution in [0.3, 0.4) is 0 Å². The van der Waals surface area contributed by atoms with Crippen molar-refractivity contribution in [3.8, 4) is 5.75 Å². The number of aliphatic imine (C=N–C) groups is 1. The molecule has 2 rings (SSSR count). The Morgan fingerprint density at radius 1 is 1.31 bits per heavy atom. The van der Waals surface area contributed by atoms with Gasteiger partial charge in [0.2, 0.25) is 0 Å². The first-order valence-electron chi connectivity index (χ1n) is 9.22. The van der Waals surface area contributed by atoms with Crippen LogP contribution in [-0.2, 0) is 13.0 Å². The summed E-state index contributed by atoms with van der Waals surface area (Å²) >= 11 is 1.75. The van der Waals surface area contributed by atoms with Gasteiger partial charge in [0.05, 0.1) is 18.2 Å². The number of hydrogen-bond acceptors (Lipinski definition) is 4. The number of nitrogens with zero attached hydrogens (tertiary/aromatic N) is 2. The molecule has 6 heteroatoms. The second-order valence-corrected chi connectivity index (χ2v) is 7.91. The molecule has 142 valence electrons. The largest absolute Gasteiger partial charge is 0.493 e. The van der Waals surface area contributed by atoms with Gasteiger partial charge in [-0.3, -0.25) is 0 Å². The fraction of sp³-hybridized carbons (Fsp3) is 0.500. The second kappa shape index (κ2) is 10.8. The number of rotatable bonds is 9. The van der Waals surface area contributed by atoms with Crippen molar-refractivity contribution >= 4 is 17.3 Å². The Morgan fingerprint density at radius 3 is 2.85 bits per heavy atom. The smallest absolute Gasteiger partial charge is 0.191 e. The van der Waals surface area contributed by atoms with Gasteiger partial charge in [-0.25, -0.2) is 9.98 Å². The number of guanidine groups is 1. The minimum Gasteiger partial charge on any atom is -0.493 e. The van der Waals surface area contributed by atoms with Crippen molar-refractivity contribution < 1.29 is 4.74 Å². The molecular formula is C20H30N4OS. The highest BCUT2D eigenvalue weighted by Crippen LogP contribution is 2.15. The molecule has 1 aromatic carbocycles. The van der Waals surface area contributed by atoms with Gasteiger partial charge in [0, 0.05) is 30.6 Å². The van der Waals surface area contributed by atoms with Crippen LogP contribution in [0.25, 0.3) is 0 Å². The molecule has 0 aliphatic heterocycles. The van der Waals surface area contributed by atoms with Gasteiger partial charge in [-0.2, -0.15) is 0 Å². The van der Waals surface area contributed by atoms with E-state index in [1.807, 2.05) is 18.3 Å². The lowest BCUT2D eigenvalue weighted by atomic mass is 10.2. The highest BCUT2D eigenvalue weighted by Gasteiger charge is 2.02. The van der Waals surface area contributed by atoms with Crippen LogP contribution in [0, 0.1) is 12.8 Å². The Morgan fingerprint density at radius 2 is 2.15 bits per heavy atom. The molecule has 0 aliphatic carbocycles. The average Bonchev–Trinajstić information content (AvgIpc) is 3.03. The summed E-state index contributed by atoms with van der Waals surface area (Å²) in [6, 6.07) is 8.15. The summed E-state index contributed by atoms with van der Waals surface area (Å²) in [4.78, 5) is 10.3. The molecular weight excluding hydrogens is 344 g/mol. The maximum atomic E-state index is 5.79. The quantitative estimate of drug-likeness (QED) is 0.518. The van der Waals surface area contributed by atoms with E-state index in [4.69, 9.17) is 4.74 Å². The lowest BCUT2D eigenvalue weighted by molar-refractivity contribution is 0.271. The normalized spacial score (nSPS) is 11.7. The summed E-state index contributed by atoms with van der Waals surface area (Å²) in [7, 11) is 0. The van der Waals surface area contributed by atoms with Gasteiger partial charge in [0.25, 0.3) is 0 Å². The summed E-state index contributed by atoms with van der Waals surface area (Å²) in [5.41, 5.74) is 1.14. The van der Waals surface area contributed by atoms with Crippen LogP contribution in [0.1, 0.15) is 36.2 Å². The van der Waals surface area contributed by atoms with Crippen LogP contribution in [0.5, 0.6) is 5.75 Å². The number of aromatic nitrogens is 1. The van der Waals surface area contributed by atoms with Crippen molar-refractivity contribution in [2.45, 2.75) is 40.7 Å². The van der Waals surface area contributed by atoms with Crippen molar-refractivity contribution in [3.63, 3.8) is 0 Å². The topological polar surface area (TPSA) is 58.5 Å². The van der Waals surface area contributed by atoms with E-state index in [0.29, 0.717) is 12.5 Å². The summed E-state index contributed by atoms with van der Waals surface area (Å²) in [6.45, 7) is 11.4. The third-order valence-electron chi connectivity index (χ3n) is 3.55. The fourth-order valence-corrected chi connectivity index (χ4v) is 3.10. The molecule has 0 amide bonds. The molecule has 26 heavy (non-hydrogen) atoms. The number of thiazole rings is 1.